The van der Waals surface area contributed by atoms with Crippen LogP contribution in [0.2, 0.25) is 0 Å². The molecule has 2 rings (SSSR count). The van der Waals surface area contributed by atoms with Crippen LogP contribution >= 0.6 is 0 Å². The normalized spacial score (nSPS) is 27.3. The maximum atomic E-state index is 9.19. The van der Waals surface area contributed by atoms with Crippen molar-refractivity contribution in [1.29, 1.82) is 0 Å². The minimum Gasteiger partial charge on any atom is -0.393 e. The Labute approximate surface area is 85.8 Å². The third kappa shape index (κ3) is 2.36. The van der Waals surface area contributed by atoms with Gasteiger partial charge in [0.05, 0.1) is 6.10 Å². The Kier molecular flexibility index (Phi) is 2.87. The maximum absolute atomic E-state index is 9.19. The fourth-order valence-electron chi connectivity index (χ4n) is 2.13. The van der Waals surface area contributed by atoms with E-state index in [1.165, 1.54) is 18.4 Å². The first-order valence-electron chi connectivity index (χ1n) is 5.50. The molecule has 1 heteroatoms. The van der Waals surface area contributed by atoms with Gasteiger partial charge in [0.1, 0.15) is 0 Å². The molecule has 0 aliphatic heterocycles. The Hall–Kier alpha value is -0.820. The van der Waals surface area contributed by atoms with E-state index >= 15 is 0 Å². The highest BCUT2D eigenvalue weighted by Gasteiger charge is 2.37. The van der Waals surface area contributed by atoms with Gasteiger partial charge >= 0.3 is 0 Å². The zero-order chi connectivity index (χ0) is 9.97. The van der Waals surface area contributed by atoms with E-state index in [1.54, 1.807) is 0 Å². The predicted molar refractivity (Wildman–Crippen MR) is 58.2 cm³/mol. The van der Waals surface area contributed by atoms with E-state index in [9.17, 15) is 5.11 Å². The second kappa shape index (κ2) is 4.14. The molecular weight excluding hydrogens is 172 g/mol. The molecule has 3 atom stereocenters. The summed E-state index contributed by atoms with van der Waals surface area (Å²) in [6.07, 6.45) is 3.31. The largest absolute Gasteiger partial charge is 0.393 e. The first-order valence-corrected chi connectivity index (χ1v) is 5.50. The Morgan fingerprint density at radius 1 is 1.36 bits per heavy atom. The summed E-state index contributed by atoms with van der Waals surface area (Å²) in [5.41, 5.74) is 1.48. The molecule has 0 amide bonds. The SMILES string of the molecule is CC(O)CCC1CC1c1ccccc1. The highest BCUT2D eigenvalue weighted by molar-refractivity contribution is 5.25. The van der Waals surface area contributed by atoms with E-state index in [0.29, 0.717) is 0 Å². The summed E-state index contributed by atoms with van der Waals surface area (Å²) < 4.78 is 0. The highest BCUT2D eigenvalue weighted by atomic mass is 16.3. The number of hydrogen-bond acceptors (Lipinski definition) is 1. The number of aliphatic hydroxyl groups is 1. The number of aliphatic hydroxyl groups excluding tert-OH is 1. The zero-order valence-electron chi connectivity index (χ0n) is 8.69. The summed E-state index contributed by atoms with van der Waals surface area (Å²) in [4.78, 5) is 0. The average molecular weight is 190 g/mol. The summed E-state index contributed by atoms with van der Waals surface area (Å²) in [7, 11) is 0. The second-order valence-electron chi connectivity index (χ2n) is 4.44. The minimum atomic E-state index is -0.132. The van der Waals surface area contributed by atoms with Gasteiger partial charge in [0.15, 0.2) is 0 Å². The molecule has 1 fully saturated rings. The third-order valence-electron chi connectivity index (χ3n) is 3.11. The molecule has 0 radical (unpaired) electrons. The molecule has 1 nitrogen and oxygen atoms in total. The first-order chi connectivity index (χ1) is 6.77. The van der Waals surface area contributed by atoms with Crippen LogP contribution in [0.3, 0.4) is 0 Å². The van der Waals surface area contributed by atoms with Gasteiger partial charge in [0.25, 0.3) is 0 Å². The lowest BCUT2D eigenvalue weighted by atomic mass is 10.1. The lowest BCUT2D eigenvalue weighted by Gasteiger charge is -2.03. The highest BCUT2D eigenvalue weighted by Crippen LogP contribution is 2.50. The fraction of sp³-hybridized carbons (Fsp3) is 0.538. The Balaban J connectivity index is 1.82. The van der Waals surface area contributed by atoms with Crippen LogP contribution in [0, 0.1) is 5.92 Å². The zero-order valence-corrected chi connectivity index (χ0v) is 8.69. The van der Waals surface area contributed by atoms with Crippen LogP contribution in [0.25, 0.3) is 0 Å². The monoisotopic (exact) mass is 190 g/mol. The Morgan fingerprint density at radius 3 is 2.71 bits per heavy atom. The number of hydrogen-bond donors (Lipinski definition) is 1. The van der Waals surface area contributed by atoms with Gasteiger partial charge in [0.2, 0.25) is 0 Å². The molecule has 0 bridgehead atoms. The topological polar surface area (TPSA) is 20.2 Å². The van der Waals surface area contributed by atoms with E-state index in [-0.39, 0.29) is 6.10 Å². The third-order valence-corrected chi connectivity index (χ3v) is 3.11. The summed E-state index contributed by atoms with van der Waals surface area (Å²) >= 11 is 0. The van der Waals surface area contributed by atoms with Gasteiger partial charge in [0, 0.05) is 0 Å². The van der Waals surface area contributed by atoms with Gasteiger partial charge < -0.3 is 5.11 Å². The Bertz CT molecular complexity index is 279. The van der Waals surface area contributed by atoms with Gasteiger partial charge in [-0.15, -0.1) is 0 Å². The van der Waals surface area contributed by atoms with E-state index in [2.05, 4.69) is 30.3 Å². The van der Waals surface area contributed by atoms with Gasteiger partial charge in [-0.3, -0.25) is 0 Å². The van der Waals surface area contributed by atoms with Crippen LogP contribution in [0.15, 0.2) is 30.3 Å². The summed E-state index contributed by atoms with van der Waals surface area (Å²) in [6, 6.07) is 10.7. The van der Waals surface area contributed by atoms with Gasteiger partial charge in [-0.1, -0.05) is 30.3 Å². The average Bonchev–Trinajstić information content (AvgIpc) is 2.95. The van der Waals surface area contributed by atoms with Crippen molar-refractivity contribution in [2.24, 2.45) is 5.92 Å². The van der Waals surface area contributed by atoms with Gasteiger partial charge in [-0.25, -0.2) is 0 Å². The molecule has 0 spiro atoms. The van der Waals surface area contributed by atoms with Gasteiger partial charge in [-0.05, 0) is 43.6 Å². The molecule has 1 saturated carbocycles. The van der Waals surface area contributed by atoms with Crippen molar-refractivity contribution in [3.05, 3.63) is 35.9 Å². The van der Waals surface area contributed by atoms with Gasteiger partial charge in [-0.2, -0.15) is 0 Å². The van der Waals surface area contributed by atoms with Crippen LogP contribution in [-0.4, -0.2) is 11.2 Å². The van der Waals surface area contributed by atoms with Crippen molar-refractivity contribution in [3.63, 3.8) is 0 Å². The lowest BCUT2D eigenvalue weighted by molar-refractivity contribution is 0.179. The fourth-order valence-corrected chi connectivity index (χ4v) is 2.13. The second-order valence-corrected chi connectivity index (χ2v) is 4.44. The Morgan fingerprint density at radius 2 is 2.07 bits per heavy atom. The number of rotatable bonds is 4. The molecule has 1 aliphatic carbocycles. The molecule has 1 N–H and O–H groups in total. The van der Waals surface area contributed by atoms with Crippen molar-refractivity contribution < 1.29 is 5.11 Å². The first kappa shape index (κ1) is 9.72. The minimum absolute atomic E-state index is 0.132. The molecule has 1 aromatic carbocycles. The quantitative estimate of drug-likeness (QED) is 0.774. The van der Waals surface area contributed by atoms with Crippen molar-refractivity contribution in [2.45, 2.75) is 38.2 Å². The standard InChI is InChI=1S/C13H18O/c1-10(14)7-8-12-9-13(12)11-5-3-2-4-6-11/h2-6,10,12-14H,7-9H2,1H3. The van der Waals surface area contributed by atoms with E-state index in [1.807, 2.05) is 6.92 Å². The number of benzene rings is 1. The predicted octanol–water partition coefficient (Wildman–Crippen LogP) is 2.95. The van der Waals surface area contributed by atoms with E-state index in [0.717, 1.165) is 18.3 Å². The maximum Gasteiger partial charge on any atom is 0.0512 e. The van der Waals surface area contributed by atoms with Crippen molar-refractivity contribution in [1.82, 2.24) is 0 Å². The lowest BCUT2D eigenvalue weighted by Crippen LogP contribution is -1.99. The molecule has 0 aromatic heterocycles. The van der Waals surface area contributed by atoms with Crippen molar-refractivity contribution in [2.75, 3.05) is 0 Å². The summed E-state index contributed by atoms with van der Waals surface area (Å²) in [6.45, 7) is 1.87. The van der Waals surface area contributed by atoms with E-state index < -0.39 is 0 Å². The molecule has 76 valence electrons. The molecule has 0 saturated heterocycles. The van der Waals surface area contributed by atoms with Crippen LogP contribution in [0.1, 0.15) is 37.7 Å². The van der Waals surface area contributed by atoms with Crippen molar-refractivity contribution in [3.8, 4) is 0 Å². The molecule has 3 unspecified atom stereocenters. The molecular formula is C13H18O. The van der Waals surface area contributed by atoms with Crippen LogP contribution in [-0.2, 0) is 0 Å². The van der Waals surface area contributed by atoms with E-state index in [4.69, 9.17) is 0 Å². The molecule has 1 aliphatic rings. The summed E-state index contributed by atoms with van der Waals surface area (Å²) in [5.74, 6) is 1.60. The molecule has 0 heterocycles. The van der Waals surface area contributed by atoms with Crippen molar-refractivity contribution >= 4 is 0 Å². The smallest absolute Gasteiger partial charge is 0.0512 e. The van der Waals surface area contributed by atoms with Crippen LogP contribution < -0.4 is 0 Å². The summed E-state index contributed by atoms with van der Waals surface area (Å²) in [5, 5.41) is 9.19. The van der Waals surface area contributed by atoms with Crippen LogP contribution in [0.5, 0.6) is 0 Å². The molecule has 14 heavy (non-hydrogen) atoms. The van der Waals surface area contributed by atoms with Crippen LogP contribution in [0.4, 0.5) is 0 Å². The molecule has 1 aromatic rings.